The molecule has 5 rings (SSSR count). The van der Waals surface area contributed by atoms with Crippen LogP contribution in [0.15, 0.2) is 71.0 Å². The van der Waals surface area contributed by atoms with Crippen LogP contribution in [0.2, 0.25) is 0 Å². The number of benzene rings is 3. The van der Waals surface area contributed by atoms with E-state index in [0.29, 0.717) is 5.56 Å². The molecule has 0 bridgehead atoms. The summed E-state index contributed by atoms with van der Waals surface area (Å²) in [4.78, 5) is 11.6. The first-order valence-electron chi connectivity index (χ1n) is 12.1. The summed E-state index contributed by atoms with van der Waals surface area (Å²) in [5, 5.41) is 29.9. The second-order valence-electron chi connectivity index (χ2n) is 8.83. The Morgan fingerprint density at radius 3 is 2.11 bits per heavy atom. The molecule has 1 aliphatic rings. The number of aromatic nitrogens is 1. The fourth-order valence-electron chi connectivity index (χ4n) is 4.76. The summed E-state index contributed by atoms with van der Waals surface area (Å²) in [6.07, 6.45) is 6.66. The van der Waals surface area contributed by atoms with Crippen LogP contribution in [0.5, 0.6) is 11.5 Å². The van der Waals surface area contributed by atoms with Crippen LogP contribution in [0.4, 0.5) is 0 Å². The lowest BCUT2D eigenvalue weighted by Crippen LogP contribution is -2.32. The third-order valence-electron chi connectivity index (χ3n) is 6.55. The molecule has 7 nitrogen and oxygen atoms in total. The van der Waals surface area contributed by atoms with E-state index in [9.17, 15) is 10.2 Å². The summed E-state index contributed by atoms with van der Waals surface area (Å²) in [6.45, 7) is 3.08. The van der Waals surface area contributed by atoms with E-state index in [1.54, 1.807) is 12.3 Å². The number of para-hydroxylation sites is 1. The smallest absolute Gasteiger partial charge is 0.166 e. The number of rotatable bonds is 7. The van der Waals surface area contributed by atoms with Gasteiger partial charge in [-0.15, -0.1) is 0 Å². The number of aryl methyl sites for hydroxylation is 1. The number of hydrogen-bond donors (Lipinski definition) is 2. The number of oxime groups is 2. The number of hydrogen-bond acceptors (Lipinski definition) is 6. The third-order valence-corrected chi connectivity index (χ3v) is 6.55. The van der Waals surface area contributed by atoms with E-state index < -0.39 is 0 Å². The van der Waals surface area contributed by atoms with Gasteiger partial charge in [-0.3, -0.25) is 0 Å². The molecule has 0 unspecified atom stereocenters. The minimum atomic E-state index is -0.201. The maximum absolute atomic E-state index is 9.62. The summed E-state index contributed by atoms with van der Waals surface area (Å²) in [7, 11) is 0. The average molecular weight is 472 g/mol. The summed E-state index contributed by atoms with van der Waals surface area (Å²) >= 11 is 0. The number of phenolic OH excluding ortho intramolecular Hbond substituents is 2. The van der Waals surface area contributed by atoms with Gasteiger partial charge in [0.25, 0.3) is 0 Å². The minimum Gasteiger partial charge on any atom is -0.504 e. The first kappa shape index (κ1) is 22.8. The SMILES string of the molecule is CCn1c2ccccc2c2cc(/C=N/O[C@@H]3CCCC[C@@H]3O/N=C/c3ccc(O)c(O)c3)ccc21. The highest BCUT2D eigenvalue weighted by atomic mass is 16.7. The lowest BCUT2D eigenvalue weighted by Gasteiger charge is -2.27. The van der Waals surface area contributed by atoms with Crippen LogP contribution < -0.4 is 0 Å². The van der Waals surface area contributed by atoms with Gasteiger partial charge in [-0.05, 0) is 80.1 Å². The van der Waals surface area contributed by atoms with Crippen molar-refractivity contribution in [3.05, 3.63) is 71.8 Å². The van der Waals surface area contributed by atoms with Crippen LogP contribution in [-0.2, 0) is 16.2 Å². The molecule has 0 aliphatic heterocycles. The van der Waals surface area contributed by atoms with Crippen LogP contribution in [0.1, 0.15) is 43.7 Å². The molecule has 2 N–H and O–H groups in total. The number of aromatic hydroxyl groups is 2. The van der Waals surface area contributed by atoms with Gasteiger partial charge in [0.05, 0.1) is 12.4 Å². The lowest BCUT2D eigenvalue weighted by molar-refractivity contribution is -0.0898. The van der Waals surface area contributed by atoms with Crippen LogP contribution in [-0.4, -0.2) is 39.4 Å². The Bertz CT molecular complexity index is 1390. The Balaban J connectivity index is 1.27. The maximum atomic E-state index is 9.62. The van der Waals surface area contributed by atoms with Gasteiger partial charge in [0.15, 0.2) is 23.7 Å². The van der Waals surface area contributed by atoms with Crippen molar-refractivity contribution < 1.29 is 19.9 Å². The average Bonchev–Trinajstić information content (AvgIpc) is 3.20. The topological polar surface area (TPSA) is 88.6 Å². The molecular weight excluding hydrogens is 442 g/mol. The Morgan fingerprint density at radius 1 is 0.800 bits per heavy atom. The molecule has 0 spiro atoms. The summed E-state index contributed by atoms with van der Waals surface area (Å²) in [5.41, 5.74) is 4.06. The molecule has 0 amide bonds. The van der Waals surface area contributed by atoms with Gasteiger partial charge in [-0.2, -0.15) is 0 Å². The summed E-state index contributed by atoms with van der Waals surface area (Å²) in [5.74, 6) is -0.364. The monoisotopic (exact) mass is 471 g/mol. The van der Waals surface area contributed by atoms with Crippen molar-refractivity contribution in [2.24, 2.45) is 10.3 Å². The first-order valence-corrected chi connectivity index (χ1v) is 12.1. The standard InChI is InChI=1S/C28H29N3O4/c1-2-31-23-8-4-3-7-21(23)22-15-19(11-13-24(22)31)17-29-34-27-9-5-6-10-28(27)35-30-18-20-12-14-25(32)26(33)16-20/h3-4,7-8,11-18,27-28,32-33H,2,5-6,9-10H2,1H3/b29-17+,30-18+/t27-,28+/m1/s1. The summed E-state index contributed by atoms with van der Waals surface area (Å²) in [6, 6.07) is 19.3. The molecule has 1 aromatic heterocycles. The van der Waals surface area contributed by atoms with E-state index in [2.05, 4.69) is 64.3 Å². The molecule has 180 valence electrons. The maximum Gasteiger partial charge on any atom is 0.166 e. The van der Waals surface area contributed by atoms with E-state index in [1.807, 2.05) is 0 Å². The molecule has 1 heterocycles. The molecule has 4 aromatic rings. The minimum absolute atomic E-state index is 0.169. The number of phenols is 2. The molecule has 35 heavy (non-hydrogen) atoms. The van der Waals surface area contributed by atoms with Gasteiger partial charge < -0.3 is 24.5 Å². The Labute approximate surface area is 203 Å². The highest BCUT2D eigenvalue weighted by Gasteiger charge is 2.29. The van der Waals surface area contributed by atoms with Crippen LogP contribution in [0, 0.1) is 0 Å². The first-order chi connectivity index (χ1) is 17.1. The van der Waals surface area contributed by atoms with E-state index in [1.165, 1.54) is 40.2 Å². The van der Waals surface area contributed by atoms with E-state index in [-0.39, 0.29) is 23.7 Å². The van der Waals surface area contributed by atoms with Crippen molar-refractivity contribution in [1.29, 1.82) is 0 Å². The predicted molar refractivity (Wildman–Crippen MR) is 138 cm³/mol. The van der Waals surface area contributed by atoms with Gasteiger partial charge in [-0.1, -0.05) is 34.6 Å². The largest absolute Gasteiger partial charge is 0.504 e. The zero-order chi connectivity index (χ0) is 24.2. The molecule has 2 atom stereocenters. The quantitative estimate of drug-likeness (QED) is 0.198. The molecule has 0 radical (unpaired) electrons. The Hall–Kier alpha value is -4.00. The molecule has 3 aromatic carbocycles. The van der Waals surface area contributed by atoms with Crippen molar-refractivity contribution in [1.82, 2.24) is 4.57 Å². The molecule has 7 heteroatoms. The van der Waals surface area contributed by atoms with Gasteiger partial charge in [0.1, 0.15) is 0 Å². The second kappa shape index (κ2) is 10.1. The van der Waals surface area contributed by atoms with Crippen LogP contribution >= 0.6 is 0 Å². The fraction of sp³-hybridized carbons (Fsp3) is 0.286. The van der Waals surface area contributed by atoms with Crippen LogP contribution in [0.3, 0.4) is 0 Å². The summed E-state index contributed by atoms with van der Waals surface area (Å²) < 4.78 is 2.33. The van der Waals surface area contributed by atoms with Gasteiger partial charge >= 0.3 is 0 Å². The lowest BCUT2D eigenvalue weighted by atomic mass is 9.95. The molecule has 1 aliphatic carbocycles. The van der Waals surface area contributed by atoms with Crippen molar-refractivity contribution in [2.45, 2.75) is 51.4 Å². The second-order valence-corrected chi connectivity index (χ2v) is 8.83. The van der Waals surface area contributed by atoms with Crippen LogP contribution in [0.25, 0.3) is 21.8 Å². The highest BCUT2D eigenvalue weighted by molar-refractivity contribution is 6.09. The Kier molecular flexibility index (Phi) is 6.57. The molecule has 0 saturated heterocycles. The Morgan fingerprint density at radius 2 is 1.43 bits per heavy atom. The zero-order valence-corrected chi connectivity index (χ0v) is 19.7. The van der Waals surface area contributed by atoms with Gasteiger partial charge in [0, 0.05) is 28.4 Å². The highest BCUT2D eigenvalue weighted by Crippen LogP contribution is 2.30. The normalized spacial score (nSPS) is 18.7. The zero-order valence-electron chi connectivity index (χ0n) is 19.7. The van der Waals surface area contributed by atoms with Crippen molar-refractivity contribution in [3.8, 4) is 11.5 Å². The molecule has 1 fully saturated rings. The number of nitrogens with zero attached hydrogens (tertiary/aromatic N) is 3. The van der Waals surface area contributed by atoms with Crippen molar-refractivity contribution >= 4 is 34.2 Å². The van der Waals surface area contributed by atoms with E-state index in [4.69, 9.17) is 9.68 Å². The van der Waals surface area contributed by atoms with Crippen molar-refractivity contribution in [3.63, 3.8) is 0 Å². The third kappa shape index (κ3) is 4.80. The van der Waals surface area contributed by atoms with Gasteiger partial charge in [-0.25, -0.2) is 0 Å². The van der Waals surface area contributed by atoms with E-state index >= 15 is 0 Å². The number of fused-ring (bicyclic) bond motifs is 3. The molecular formula is C28H29N3O4. The molecule has 1 saturated carbocycles. The predicted octanol–water partition coefficient (Wildman–Crippen LogP) is 5.94. The van der Waals surface area contributed by atoms with Gasteiger partial charge in [0.2, 0.25) is 0 Å². The van der Waals surface area contributed by atoms with Crippen molar-refractivity contribution in [2.75, 3.05) is 0 Å². The van der Waals surface area contributed by atoms with E-state index in [0.717, 1.165) is 37.8 Å². The fourth-order valence-corrected chi connectivity index (χ4v) is 4.76.